The van der Waals surface area contributed by atoms with Crippen LogP contribution in [-0.4, -0.2) is 34.9 Å². The van der Waals surface area contributed by atoms with E-state index in [1.807, 2.05) is 37.4 Å². The fourth-order valence-electron chi connectivity index (χ4n) is 3.14. The molecule has 1 heterocycles. The van der Waals surface area contributed by atoms with Crippen LogP contribution in [0.3, 0.4) is 0 Å². The van der Waals surface area contributed by atoms with Crippen LogP contribution < -0.4 is 5.73 Å². The molecule has 0 saturated heterocycles. The number of fused-ring (bicyclic) bond motifs is 1. The van der Waals surface area contributed by atoms with E-state index in [1.54, 1.807) is 11.0 Å². The number of hydrogen-bond acceptors (Lipinski definition) is 3. The lowest BCUT2D eigenvalue weighted by atomic mass is 9.90. The predicted molar refractivity (Wildman–Crippen MR) is 84.1 cm³/mol. The Labute approximate surface area is 125 Å². The second kappa shape index (κ2) is 5.82. The van der Waals surface area contributed by atoms with Gasteiger partial charge in [-0.3, -0.25) is 4.79 Å². The highest BCUT2D eigenvalue weighted by molar-refractivity contribution is 5.95. The third-order valence-electron chi connectivity index (χ3n) is 4.42. The van der Waals surface area contributed by atoms with Gasteiger partial charge in [0, 0.05) is 24.5 Å². The zero-order valence-corrected chi connectivity index (χ0v) is 12.3. The molecule has 0 bridgehead atoms. The van der Waals surface area contributed by atoms with Crippen molar-refractivity contribution in [3.8, 4) is 0 Å². The third-order valence-corrected chi connectivity index (χ3v) is 4.42. The molecule has 0 radical (unpaired) electrons. The summed E-state index contributed by atoms with van der Waals surface area (Å²) >= 11 is 0. The van der Waals surface area contributed by atoms with Gasteiger partial charge >= 0.3 is 0 Å². The number of benzene rings is 1. The van der Waals surface area contributed by atoms with Gasteiger partial charge in [-0.05, 0) is 25.0 Å². The fourth-order valence-corrected chi connectivity index (χ4v) is 3.14. The Morgan fingerprint density at radius 1 is 1.19 bits per heavy atom. The van der Waals surface area contributed by atoms with Gasteiger partial charge in [0.25, 0.3) is 5.91 Å². The number of rotatable bonds is 2. The summed E-state index contributed by atoms with van der Waals surface area (Å²) in [4.78, 5) is 18.9. The highest BCUT2D eigenvalue weighted by atomic mass is 16.2. The SMILES string of the molecule is CN(C(=O)c1ccc2ccccc2n1)C1CCCCC1N. The zero-order chi connectivity index (χ0) is 14.8. The molecule has 2 unspecified atom stereocenters. The molecule has 1 aromatic heterocycles. The van der Waals surface area contributed by atoms with Crippen LogP contribution in [0.25, 0.3) is 10.9 Å². The van der Waals surface area contributed by atoms with Crippen molar-refractivity contribution in [1.29, 1.82) is 0 Å². The van der Waals surface area contributed by atoms with Gasteiger partial charge in [0.1, 0.15) is 5.69 Å². The lowest BCUT2D eigenvalue weighted by molar-refractivity contribution is 0.0666. The van der Waals surface area contributed by atoms with Crippen molar-refractivity contribution in [1.82, 2.24) is 9.88 Å². The van der Waals surface area contributed by atoms with Crippen molar-refractivity contribution in [2.75, 3.05) is 7.05 Å². The summed E-state index contributed by atoms with van der Waals surface area (Å²) in [6.07, 6.45) is 4.28. The van der Waals surface area contributed by atoms with Gasteiger partial charge in [0.15, 0.2) is 0 Å². The summed E-state index contributed by atoms with van der Waals surface area (Å²) in [6.45, 7) is 0. The normalized spacial score (nSPS) is 22.2. The summed E-state index contributed by atoms with van der Waals surface area (Å²) < 4.78 is 0. The predicted octanol–water partition coefficient (Wildman–Crippen LogP) is 2.58. The molecule has 1 aliphatic carbocycles. The molecule has 0 aliphatic heterocycles. The molecule has 110 valence electrons. The molecule has 2 aromatic rings. The van der Waals surface area contributed by atoms with E-state index >= 15 is 0 Å². The average molecular weight is 283 g/mol. The van der Waals surface area contributed by atoms with Crippen LogP contribution in [0.1, 0.15) is 36.2 Å². The number of para-hydroxylation sites is 1. The summed E-state index contributed by atoms with van der Waals surface area (Å²) in [6, 6.07) is 11.8. The van der Waals surface area contributed by atoms with E-state index in [-0.39, 0.29) is 18.0 Å². The van der Waals surface area contributed by atoms with Crippen LogP contribution in [0.2, 0.25) is 0 Å². The van der Waals surface area contributed by atoms with Crippen LogP contribution in [0.5, 0.6) is 0 Å². The van der Waals surface area contributed by atoms with Crippen LogP contribution in [0.15, 0.2) is 36.4 Å². The quantitative estimate of drug-likeness (QED) is 0.921. The molecule has 1 fully saturated rings. The molecular weight excluding hydrogens is 262 g/mol. The van der Waals surface area contributed by atoms with E-state index in [1.165, 1.54) is 0 Å². The van der Waals surface area contributed by atoms with Crippen LogP contribution in [0, 0.1) is 0 Å². The number of nitrogens with zero attached hydrogens (tertiary/aromatic N) is 2. The van der Waals surface area contributed by atoms with Crippen LogP contribution >= 0.6 is 0 Å². The van der Waals surface area contributed by atoms with E-state index < -0.39 is 0 Å². The highest BCUT2D eigenvalue weighted by Gasteiger charge is 2.29. The smallest absolute Gasteiger partial charge is 0.272 e. The monoisotopic (exact) mass is 283 g/mol. The Balaban J connectivity index is 1.85. The first kappa shape index (κ1) is 14.0. The number of aromatic nitrogens is 1. The van der Waals surface area contributed by atoms with Crippen LogP contribution in [0.4, 0.5) is 0 Å². The molecule has 1 aromatic carbocycles. The molecule has 2 atom stereocenters. The second-order valence-corrected chi connectivity index (χ2v) is 5.82. The Morgan fingerprint density at radius 3 is 2.76 bits per heavy atom. The van der Waals surface area contributed by atoms with Gasteiger partial charge in [-0.15, -0.1) is 0 Å². The number of carbonyl (C=O) groups is 1. The number of amides is 1. The lowest BCUT2D eigenvalue weighted by Gasteiger charge is -2.35. The number of pyridine rings is 1. The first-order chi connectivity index (χ1) is 10.2. The zero-order valence-electron chi connectivity index (χ0n) is 12.3. The molecule has 2 N–H and O–H groups in total. The largest absolute Gasteiger partial charge is 0.336 e. The fraction of sp³-hybridized carbons (Fsp3) is 0.412. The summed E-state index contributed by atoms with van der Waals surface area (Å²) in [5.41, 5.74) is 7.52. The number of likely N-dealkylation sites (N-methyl/N-ethyl adjacent to an activating group) is 1. The van der Waals surface area contributed by atoms with Crippen molar-refractivity contribution < 1.29 is 4.79 Å². The number of carbonyl (C=O) groups excluding carboxylic acids is 1. The minimum absolute atomic E-state index is 0.0388. The Hall–Kier alpha value is -1.94. The molecular formula is C17H21N3O. The van der Waals surface area contributed by atoms with Crippen molar-refractivity contribution in [3.05, 3.63) is 42.1 Å². The van der Waals surface area contributed by atoms with Crippen molar-refractivity contribution in [2.45, 2.75) is 37.8 Å². The van der Waals surface area contributed by atoms with Crippen molar-refractivity contribution in [3.63, 3.8) is 0 Å². The van der Waals surface area contributed by atoms with Crippen molar-refractivity contribution >= 4 is 16.8 Å². The maximum atomic E-state index is 12.6. The summed E-state index contributed by atoms with van der Waals surface area (Å²) in [5, 5.41) is 1.05. The van der Waals surface area contributed by atoms with Crippen LogP contribution in [-0.2, 0) is 0 Å². The van der Waals surface area contributed by atoms with Gasteiger partial charge in [-0.25, -0.2) is 4.98 Å². The highest BCUT2D eigenvalue weighted by Crippen LogP contribution is 2.22. The second-order valence-electron chi connectivity index (χ2n) is 5.82. The molecule has 4 heteroatoms. The van der Waals surface area contributed by atoms with Gasteiger partial charge in [0.2, 0.25) is 0 Å². The van der Waals surface area contributed by atoms with Gasteiger partial charge in [0.05, 0.1) is 5.52 Å². The Kier molecular flexibility index (Phi) is 3.88. The van der Waals surface area contributed by atoms with E-state index in [2.05, 4.69) is 4.98 Å². The first-order valence-electron chi connectivity index (χ1n) is 7.55. The standard InChI is InChI=1S/C17H21N3O/c1-20(16-9-5-3-7-13(16)18)17(21)15-11-10-12-6-2-4-8-14(12)19-15/h2,4,6,8,10-11,13,16H,3,5,7,9,18H2,1H3. The van der Waals surface area contributed by atoms with Gasteiger partial charge in [-0.1, -0.05) is 37.1 Å². The molecule has 4 nitrogen and oxygen atoms in total. The minimum atomic E-state index is -0.0388. The van der Waals surface area contributed by atoms with E-state index in [0.29, 0.717) is 5.69 Å². The van der Waals surface area contributed by atoms with Gasteiger partial charge in [-0.2, -0.15) is 0 Å². The van der Waals surface area contributed by atoms with E-state index in [0.717, 1.165) is 36.6 Å². The molecule has 21 heavy (non-hydrogen) atoms. The number of hydrogen-bond donors (Lipinski definition) is 1. The number of nitrogens with two attached hydrogens (primary N) is 1. The van der Waals surface area contributed by atoms with Crippen molar-refractivity contribution in [2.24, 2.45) is 5.73 Å². The Bertz CT molecular complexity index is 655. The maximum Gasteiger partial charge on any atom is 0.272 e. The minimum Gasteiger partial charge on any atom is -0.336 e. The molecule has 1 aliphatic rings. The maximum absolute atomic E-state index is 12.6. The first-order valence-corrected chi connectivity index (χ1v) is 7.55. The lowest BCUT2D eigenvalue weighted by Crippen LogP contribution is -2.50. The third kappa shape index (κ3) is 2.76. The average Bonchev–Trinajstić information content (AvgIpc) is 2.53. The Morgan fingerprint density at radius 2 is 1.95 bits per heavy atom. The molecule has 1 saturated carbocycles. The molecule has 0 spiro atoms. The summed E-state index contributed by atoms with van der Waals surface area (Å²) in [5.74, 6) is -0.0388. The van der Waals surface area contributed by atoms with E-state index in [4.69, 9.17) is 5.73 Å². The molecule has 1 amide bonds. The summed E-state index contributed by atoms with van der Waals surface area (Å²) in [7, 11) is 1.84. The topological polar surface area (TPSA) is 59.2 Å². The molecule has 3 rings (SSSR count). The van der Waals surface area contributed by atoms with E-state index in [9.17, 15) is 4.79 Å². The van der Waals surface area contributed by atoms with Gasteiger partial charge < -0.3 is 10.6 Å².